The fourth-order valence-electron chi connectivity index (χ4n) is 4.78. The minimum absolute atomic E-state index is 0.00576. The quantitative estimate of drug-likeness (QED) is 0.725. The van der Waals surface area contributed by atoms with Crippen LogP contribution in [0.3, 0.4) is 0 Å². The van der Waals surface area contributed by atoms with Crippen molar-refractivity contribution in [1.82, 2.24) is 14.7 Å². The van der Waals surface area contributed by atoms with Crippen molar-refractivity contribution in [3.63, 3.8) is 0 Å². The molecule has 0 aromatic heterocycles. The predicted molar refractivity (Wildman–Crippen MR) is 112 cm³/mol. The smallest absolute Gasteiger partial charge is 0.240 e. The molecule has 0 bridgehead atoms. The Morgan fingerprint density at radius 1 is 1.00 bits per heavy atom. The van der Waals surface area contributed by atoms with Crippen molar-refractivity contribution in [2.24, 2.45) is 5.92 Å². The zero-order valence-corrected chi connectivity index (χ0v) is 17.5. The van der Waals surface area contributed by atoms with E-state index in [1.807, 2.05) is 40.1 Å². The first-order valence-corrected chi connectivity index (χ1v) is 11.0. The summed E-state index contributed by atoms with van der Waals surface area (Å²) in [5, 5.41) is 0. The van der Waals surface area contributed by atoms with Crippen LogP contribution in [0, 0.1) is 5.92 Å². The van der Waals surface area contributed by atoms with Gasteiger partial charge in [-0.1, -0.05) is 43.2 Å². The van der Waals surface area contributed by atoms with Crippen molar-refractivity contribution in [3.8, 4) is 0 Å². The van der Waals surface area contributed by atoms with Gasteiger partial charge in [0.1, 0.15) is 0 Å². The van der Waals surface area contributed by atoms with Crippen LogP contribution in [0.1, 0.15) is 45.1 Å². The Labute approximate surface area is 169 Å². The molecule has 1 aromatic carbocycles. The number of nitrogens with zero attached hydrogens (tertiary/aromatic N) is 3. The van der Waals surface area contributed by atoms with E-state index in [-0.39, 0.29) is 11.9 Å². The lowest BCUT2D eigenvalue weighted by molar-refractivity contribution is -0.141. The van der Waals surface area contributed by atoms with Crippen molar-refractivity contribution in [3.05, 3.63) is 35.9 Å². The van der Waals surface area contributed by atoms with E-state index in [0.29, 0.717) is 18.2 Å². The number of hydrogen-bond acceptors (Lipinski definition) is 3. The molecular formula is C23H35N3O2. The van der Waals surface area contributed by atoms with Crippen molar-refractivity contribution in [2.45, 2.75) is 52.0 Å². The van der Waals surface area contributed by atoms with Gasteiger partial charge in [0.05, 0.1) is 12.5 Å². The summed E-state index contributed by atoms with van der Waals surface area (Å²) < 4.78 is 0. The molecule has 1 atom stereocenters. The standard InChI is InChI=1S/C23H35N3O2/c1-3-24(4-2)23(28)22(20-12-8-9-13-20)26-16-14-25(15-17-26)21(27)18-19-10-6-5-7-11-19/h5-7,10-11,20,22H,3-4,8-9,12-18H2,1-2H3. The van der Waals surface area contributed by atoms with E-state index in [1.165, 1.54) is 12.8 Å². The van der Waals surface area contributed by atoms with Gasteiger partial charge in [0.2, 0.25) is 11.8 Å². The molecular weight excluding hydrogens is 350 g/mol. The number of carbonyl (C=O) groups is 2. The molecule has 1 aromatic rings. The van der Waals surface area contributed by atoms with Crippen LogP contribution in [0.25, 0.3) is 0 Å². The largest absolute Gasteiger partial charge is 0.342 e. The minimum atomic E-state index is -0.00576. The summed E-state index contributed by atoms with van der Waals surface area (Å²) in [5.74, 6) is 0.957. The third-order valence-corrected chi connectivity index (χ3v) is 6.43. The molecule has 5 nitrogen and oxygen atoms in total. The van der Waals surface area contributed by atoms with Gasteiger partial charge in [-0.05, 0) is 38.2 Å². The van der Waals surface area contributed by atoms with E-state index < -0.39 is 0 Å². The van der Waals surface area contributed by atoms with Crippen LogP contribution in [0.4, 0.5) is 0 Å². The molecule has 0 radical (unpaired) electrons. The SMILES string of the molecule is CCN(CC)C(=O)C(C1CCCC1)N1CCN(C(=O)Cc2ccccc2)CC1. The van der Waals surface area contributed by atoms with Gasteiger partial charge >= 0.3 is 0 Å². The maximum Gasteiger partial charge on any atom is 0.240 e. The molecule has 1 heterocycles. The van der Waals surface area contributed by atoms with Crippen molar-refractivity contribution < 1.29 is 9.59 Å². The summed E-state index contributed by atoms with van der Waals surface area (Å²) in [6.07, 6.45) is 5.26. The number of rotatable bonds is 7. The molecule has 1 saturated heterocycles. The number of benzene rings is 1. The maximum absolute atomic E-state index is 13.3. The number of amides is 2. The summed E-state index contributed by atoms with van der Waals surface area (Å²) in [7, 11) is 0. The fraction of sp³-hybridized carbons (Fsp3) is 0.652. The third-order valence-electron chi connectivity index (χ3n) is 6.43. The van der Waals surface area contributed by atoms with Crippen LogP contribution in [-0.2, 0) is 16.0 Å². The first-order chi connectivity index (χ1) is 13.6. The Morgan fingerprint density at radius 2 is 1.61 bits per heavy atom. The zero-order valence-electron chi connectivity index (χ0n) is 17.5. The fourth-order valence-corrected chi connectivity index (χ4v) is 4.78. The lowest BCUT2D eigenvalue weighted by Crippen LogP contribution is -2.58. The van der Waals surface area contributed by atoms with Gasteiger partial charge in [0.15, 0.2) is 0 Å². The summed E-state index contributed by atoms with van der Waals surface area (Å²) in [5.41, 5.74) is 1.07. The highest BCUT2D eigenvalue weighted by Gasteiger charge is 2.38. The number of carbonyl (C=O) groups excluding carboxylic acids is 2. The second-order valence-corrected chi connectivity index (χ2v) is 8.08. The molecule has 2 aliphatic rings. The summed E-state index contributed by atoms with van der Waals surface area (Å²) in [4.78, 5) is 32.2. The molecule has 2 fully saturated rings. The monoisotopic (exact) mass is 385 g/mol. The molecule has 0 N–H and O–H groups in total. The molecule has 28 heavy (non-hydrogen) atoms. The highest BCUT2D eigenvalue weighted by Crippen LogP contribution is 2.32. The Bertz CT molecular complexity index is 631. The van der Waals surface area contributed by atoms with Gasteiger partial charge in [0, 0.05) is 39.3 Å². The normalized spacial score (nSPS) is 19.6. The highest BCUT2D eigenvalue weighted by atomic mass is 16.2. The van der Waals surface area contributed by atoms with Crippen LogP contribution >= 0.6 is 0 Å². The molecule has 1 aliphatic carbocycles. The van der Waals surface area contributed by atoms with Gasteiger partial charge in [-0.25, -0.2) is 0 Å². The van der Waals surface area contributed by atoms with Gasteiger partial charge < -0.3 is 9.80 Å². The first kappa shape index (κ1) is 20.8. The predicted octanol–water partition coefficient (Wildman–Crippen LogP) is 2.80. The van der Waals surface area contributed by atoms with Crippen LogP contribution in [0.2, 0.25) is 0 Å². The van der Waals surface area contributed by atoms with E-state index >= 15 is 0 Å². The number of piperazine rings is 1. The Hall–Kier alpha value is -1.88. The maximum atomic E-state index is 13.3. The first-order valence-electron chi connectivity index (χ1n) is 11.0. The molecule has 154 valence electrons. The lowest BCUT2D eigenvalue weighted by Gasteiger charge is -2.42. The van der Waals surface area contributed by atoms with Crippen LogP contribution in [0.5, 0.6) is 0 Å². The molecule has 0 spiro atoms. The van der Waals surface area contributed by atoms with Crippen molar-refractivity contribution in [1.29, 1.82) is 0 Å². The Balaban J connectivity index is 1.61. The molecule has 1 saturated carbocycles. The number of hydrogen-bond donors (Lipinski definition) is 0. The van der Waals surface area contributed by atoms with Crippen molar-refractivity contribution >= 4 is 11.8 Å². The van der Waals surface area contributed by atoms with Crippen LogP contribution in [-0.4, -0.2) is 71.8 Å². The second-order valence-electron chi connectivity index (χ2n) is 8.08. The van der Waals surface area contributed by atoms with Crippen LogP contribution < -0.4 is 0 Å². The van der Waals surface area contributed by atoms with Gasteiger partial charge in [0.25, 0.3) is 0 Å². The third kappa shape index (κ3) is 4.93. The van der Waals surface area contributed by atoms with Gasteiger partial charge in [-0.15, -0.1) is 0 Å². The summed E-state index contributed by atoms with van der Waals surface area (Å²) >= 11 is 0. The molecule has 1 aliphatic heterocycles. The molecule has 3 rings (SSSR count). The number of likely N-dealkylation sites (N-methyl/N-ethyl adjacent to an activating group) is 1. The molecule has 1 unspecified atom stereocenters. The summed E-state index contributed by atoms with van der Waals surface area (Å²) in [6, 6.07) is 9.94. The average molecular weight is 386 g/mol. The van der Waals surface area contributed by atoms with E-state index in [0.717, 1.165) is 57.7 Å². The van der Waals surface area contributed by atoms with E-state index in [4.69, 9.17) is 0 Å². The van der Waals surface area contributed by atoms with E-state index in [1.54, 1.807) is 0 Å². The topological polar surface area (TPSA) is 43.9 Å². The summed E-state index contributed by atoms with van der Waals surface area (Å²) in [6.45, 7) is 8.72. The van der Waals surface area contributed by atoms with E-state index in [9.17, 15) is 9.59 Å². The highest BCUT2D eigenvalue weighted by molar-refractivity contribution is 5.82. The van der Waals surface area contributed by atoms with Crippen molar-refractivity contribution in [2.75, 3.05) is 39.3 Å². The average Bonchev–Trinajstić information content (AvgIpc) is 3.24. The Morgan fingerprint density at radius 3 is 2.18 bits per heavy atom. The second kappa shape index (κ2) is 10.1. The van der Waals surface area contributed by atoms with Gasteiger partial charge in [-0.3, -0.25) is 14.5 Å². The van der Waals surface area contributed by atoms with Gasteiger partial charge in [-0.2, -0.15) is 0 Å². The Kier molecular flexibility index (Phi) is 7.49. The lowest BCUT2D eigenvalue weighted by atomic mass is 9.94. The minimum Gasteiger partial charge on any atom is -0.342 e. The molecule has 5 heteroatoms. The zero-order chi connectivity index (χ0) is 19.9. The molecule has 2 amide bonds. The van der Waals surface area contributed by atoms with Crippen LogP contribution in [0.15, 0.2) is 30.3 Å². The van der Waals surface area contributed by atoms with E-state index in [2.05, 4.69) is 18.7 Å².